The molecule has 15 heteroatoms. The molecular formula is C35H37ClF3N7O4. The third-order valence-corrected chi connectivity index (χ3v) is 7.46. The number of benzene rings is 2. The van der Waals surface area contributed by atoms with E-state index in [0.29, 0.717) is 18.0 Å². The number of carbonyl (C=O) groups excluding carboxylic acids is 3. The molecule has 4 N–H and O–H groups in total. The van der Waals surface area contributed by atoms with Crippen LogP contribution >= 0.6 is 11.6 Å². The Kier molecular flexibility index (Phi) is 12.7. The van der Waals surface area contributed by atoms with Crippen molar-refractivity contribution in [3.05, 3.63) is 100 Å². The molecule has 4 rings (SSSR count). The van der Waals surface area contributed by atoms with Gasteiger partial charge in [0.15, 0.2) is 6.61 Å². The minimum atomic E-state index is -4.59. The number of ketones is 1. The van der Waals surface area contributed by atoms with E-state index in [0.717, 1.165) is 16.7 Å². The predicted molar refractivity (Wildman–Crippen MR) is 184 cm³/mol. The lowest BCUT2D eigenvalue weighted by Gasteiger charge is -2.25. The molecule has 4 aromatic rings. The summed E-state index contributed by atoms with van der Waals surface area (Å²) < 4.78 is 43.2. The minimum Gasteiger partial charge on any atom is -0.454 e. The van der Waals surface area contributed by atoms with E-state index >= 15 is 0 Å². The molecule has 2 heterocycles. The van der Waals surface area contributed by atoms with Crippen LogP contribution in [0.2, 0.25) is 5.02 Å². The zero-order valence-corrected chi connectivity index (χ0v) is 28.4. The van der Waals surface area contributed by atoms with Gasteiger partial charge in [0.2, 0.25) is 5.78 Å². The third-order valence-electron chi connectivity index (χ3n) is 7.21. The average Bonchev–Trinajstić information content (AvgIpc) is 3.08. The Hall–Kier alpha value is -5.24. The summed E-state index contributed by atoms with van der Waals surface area (Å²) >= 11 is 5.93. The van der Waals surface area contributed by atoms with Crippen molar-refractivity contribution in [3.8, 4) is 6.01 Å². The molecular weight excluding hydrogens is 675 g/mol. The first-order valence-electron chi connectivity index (χ1n) is 15.6. The fraction of sp³-hybridized carbons (Fsp3) is 0.314. The lowest BCUT2D eigenvalue weighted by Crippen LogP contribution is -2.43. The normalized spacial score (nSPS) is 11.4. The van der Waals surface area contributed by atoms with Crippen molar-refractivity contribution in [2.24, 2.45) is 5.41 Å². The van der Waals surface area contributed by atoms with Crippen LogP contribution in [0.4, 0.5) is 30.6 Å². The first-order valence-corrected chi connectivity index (χ1v) is 16.0. The van der Waals surface area contributed by atoms with Gasteiger partial charge in [-0.3, -0.25) is 14.4 Å². The number of Topliss-reactive ketones (excluding diaryl/α,β-unsaturated/α-hetero) is 1. The number of carbonyl (C=O) groups is 3. The molecule has 264 valence electrons. The van der Waals surface area contributed by atoms with Gasteiger partial charge in [-0.15, -0.1) is 0 Å². The number of ether oxygens (including phenoxy) is 1. The van der Waals surface area contributed by atoms with Gasteiger partial charge in [0.1, 0.15) is 17.5 Å². The highest BCUT2D eigenvalue weighted by molar-refractivity contribution is 6.36. The second kappa shape index (κ2) is 16.9. The van der Waals surface area contributed by atoms with Crippen LogP contribution in [0, 0.1) is 12.3 Å². The number of alkyl halides is 3. The molecule has 0 fully saturated rings. The summed E-state index contributed by atoms with van der Waals surface area (Å²) in [5.74, 6) is -1.07. The van der Waals surface area contributed by atoms with Gasteiger partial charge in [-0.1, -0.05) is 67.4 Å². The molecule has 50 heavy (non-hydrogen) atoms. The number of aromatic nitrogens is 3. The molecule has 0 aliphatic carbocycles. The summed E-state index contributed by atoms with van der Waals surface area (Å²) in [6, 6.07) is 18.7. The van der Waals surface area contributed by atoms with Crippen molar-refractivity contribution < 1.29 is 32.3 Å². The highest BCUT2D eigenvalue weighted by Gasteiger charge is 2.29. The number of amides is 2. The van der Waals surface area contributed by atoms with Crippen molar-refractivity contribution in [2.75, 3.05) is 30.3 Å². The molecule has 0 bridgehead atoms. The van der Waals surface area contributed by atoms with E-state index in [-0.39, 0.29) is 42.5 Å². The van der Waals surface area contributed by atoms with Crippen LogP contribution < -0.4 is 26.0 Å². The monoisotopic (exact) mass is 711 g/mol. The number of aryl methyl sites for hydroxylation is 2. The highest BCUT2D eigenvalue weighted by Crippen LogP contribution is 2.23. The second-order valence-electron chi connectivity index (χ2n) is 12.3. The van der Waals surface area contributed by atoms with Crippen molar-refractivity contribution >= 4 is 46.7 Å². The Morgan fingerprint density at radius 1 is 0.840 bits per heavy atom. The van der Waals surface area contributed by atoms with E-state index in [1.54, 1.807) is 24.3 Å². The third kappa shape index (κ3) is 12.7. The summed E-state index contributed by atoms with van der Waals surface area (Å²) in [4.78, 5) is 49.8. The Bertz CT molecular complexity index is 1770. The first-order chi connectivity index (χ1) is 23.6. The van der Waals surface area contributed by atoms with Crippen molar-refractivity contribution in [3.63, 3.8) is 0 Å². The summed E-state index contributed by atoms with van der Waals surface area (Å²) in [5, 5.41) is 11.9. The van der Waals surface area contributed by atoms with Gasteiger partial charge >= 0.3 is 12.2 Å². The van der Waals surface area contributed by atoms with Gasteiger partial charge in [0, 0.05) is 43.3 Å². The number of anilines is 3. The number of pyridine rings is 1. The average molecular weight is 712 g/mol. The molecule has 0 saturated carbocycles. The highest BCUT2D eigenvalue weighted by atomic mass is 35.5. The molecule has 2 amide bonds. The van der Waals surface area contributed by atoms with Crippen LogP contribution in [0.25, 0.3) is 0 Å². The van der Waals surface area contributed by atoms with Crippen LogP contribution in [0.3, 0.4) is 0 Å². The van der Waals surface area contributed by atoms with Crippen molar-refractivity contribution in [1.82, 2.24) is 25.6 Å². The lowest BCUT2D eigenvalue weighted by atomic mass is 9.93. The molecule has 11 nitrogen and oxygen atoms in total. The van der Waals surface area contributed by atoms with Crippen LogP contribution in [0.5, 0.6) is 6.01 Å². The molecule has 2 aromatic heterocycles. The SMILES string of the molecule is Cc1ccc(CCC(=O)C(=O)NCC(C)(C)CNC(=O)c2ccc(Nc3cc(NCc4ccc(Cl)cc4)nc(OCC(F)(F)F)n3)nc2)cc1. The van der Waals surface area contributed by atoms with Crippen LogP contribution in [0.15, 0.2) is 72.9 Å². The van der Waals surface area contributed by atoms with Crippen LogP contribution in [-0.4, -0.2) is 58.4 Å². The summed E-state index contributed by atoms with van der Waals surface area (Å²) in [6.07, 6.45) is -2.71. The van der Waals surface area contributed by atoms with E-state index in [9.17, 15) is 27.6 Å². The molecule has 0 saturated heterocycles. The Morgan fingerprint density at radius 2 is 1.50 bits per heavy atom. The molecule has 0 aliphatic heterocycles. The van der Waals surface area contributed by atoms with Gasteiger partial charge in [0.05, 0.1) is 5.56 Å². The largest absolute Gasteiger partial charge is 0.454 e. The van der Waals surface area contributed by atoms with Crippen molar-refractivity contribution in [2.45, 2.75) is 46.3 Å². The van der Waals surface area contributed by atoms with Gasteiger partial charge in [-0.2, -0.15) is 23.1 Å². The Morgan fingerprint density at radius 3 is 2.16 bits per heavy atom. The molecule has 0 atom stereocenters. The smallest absolute Gasteiger partial charge is 0.422 e. The second-order valence-corrected chi connectivity index (χ2v) is 12.7. The number of hydrogen-bond acceptors (Lipinski definition) is 9. The van der Waals surface area contributed by atoms with E-state index in [1.807, 2.05) is 45.0 Å². The number of hydrogen-bond donors (Lipinski definition) is 4. The molecule has 2 aromatic carbocycles. The summed E-state index contributed by atoms with van der Waals surface area (Å²) in [7, 11) is 0. The fourth-order valence-corrected chi connectivity index (χ4v) is 4.47. The van der Waals surface area contributed by atoms with Gasteiger partial charge in [0.25, 0.3) is 11.8 Å². The van der Waals surface area contributed by atoms with E-state index < -0.39 is 41.8 Å². The number of halogens is 4. The number of nitrogens with zero attached hydrogens (tertiary/aromatic N) is 3. The zero-order chi connectivity index (χ0) is 36.3. The van der Waals surface area contributed by atoms with Gasteiger partial charge in [-0.05, 0) is 54.2 Å². The molecule has 0 unspecified atom stereocenters. The van der Waals surface area contributed by atoms with Crippen LogP contribution in [-0.2, 0) is 22.6 Å². The fourth-order valence-electron chi connectivity index (χ4n) is 4.35. The van der Waals surface area contributed by atoms with E-state index in [4.69, 9.17) is 16.3 Å². The van der Waals surface area contributed by atoms with Gasteiger partial charge < -0.3 is 26.0 Å². The number of rotatable bonds is 16. The topological polar surface area (TPSA) is 147 Å². The van der Waals surface area contributed by atoms with E-state index in [1.165, 1.54) is 24.4 Å². The van der Waals surface area contributed by atoms with Crippen LogP contribution in [0.1, 0.15) is 47.3 Å². The number of nitrogens with one attached hydrogen (secondary N) is 4. The maximum absolute atomic E-state index is 12.8. The lowest BCUT2D eigenvalue weighted by molar-refractivity contribution is -0.154. The summed E-state index contributed by atoms with van der Waals surface area (Å²) in [5.41, 5.74) is 2.61. The maximum Gasteiger partial charge on any atom is 0.422 e. The quantitative estimate of drug-likeness (QED) is 0.0997. The summed E-state index contributed by atoms with van der Waals surface area (Å²) in [6.45, 7) is 4.72. The Balaban J connectivity index is 1.29. The standard InChI is InChI=1S/C35H37ClF3N7O4/c1-22-4-6-23(7-5-22)10-14-27(47)32(49)43-20-34(2,3)19-42-31(48)25-11-15-28(41-18-25)44-30-16-29(40-17-24-8-12-26(36)13-9-24)45-33(46-30)50-21-35(37,38)39/h4-9,11-13,15-16,18H,10,14,17,19-21H2,1-3H3,(H,42,48)(H,43,49)(H2,40,41,44,45,46). The van der Waals surface area contributed by atoms with E-state index in [2.05, 4.69) is 36.2 Å². The van der Waals surface area contributed by atoms with Gasteiger partial charge in [-0.25, -0.2) is 4.98 Å². The molecule has 0 spiro atoms. The Labute approximate surface area is 292 Å². The zero-order valence-electron chi connectivity index (χ0n) is 27.7. The molecule has 0 aliphatic rings. The minimum absolute atomic E-state index is 0.0938. The van der Waals surface area contributed by atoms with Crippen molar-refractivity contribution in [1.29, 1.82) is 0 Å². The molecule has 0 radical (unpaired) electrons. The first kappa shape index (κ1) is 37.6. The predicted octanol–water partition coefficient (Wildman–Crippen LogP) is 6.20. The maximum atomic E-state index is 12.8.